The molecule has 0 atom stereocenters. The molecular formula is C23H18N2O7. The number of ether oxygens (including phenoxy) is 1. The van der Waals surface area contributed by atoms with Crippen molar-refractivity contribution in [2.45, 2.75) is 13.3 Å². The van der Waals surface area contributed by atoms with Crippen LogP contribution in [-0.4, -0.2) is 41.7 Å². The van der Waals surface area contributed by atoms with Gasteiger partial charge in [-0.3, -0.25) is 24.1 Å². The third-order valence-electron chi connectivity index (χ3n) is 4.94. The molecule has 2 aromatic carbocycles. The Balaban J connectivity index is 1.43. The van der Waals surface area contributed by atoms with Crippen LogP contribution in [0.4, 0.5) is 0 Å². The molecule has 9 heteroatoms. The van der Waals surface area contributed by atoms with E-state index < -0.39 is 29.3 Å². The fourth-order valence-corrected chi connectivity index (χ4v) is 3.40. The van der Waals surface area contributed by atoms with Crippen molar-refractivity contribution in [3.8, 4) is 5.75 Å². The highest BCUT2D eigenvalue weighted by Gasteiger charge is 2.35. The van der Waals surface area contributed by atoms with Crippen LogP contribution in [0, 0.1) is 0 Å². The number of hydrogen-bond donors (Lipinski definition) is 1. The van der Waals surface area contributed by atoms with E-state index in [-0.39, 0.29) is 29.9 Å². The zero-order valence-electron chi connectivity index (χ0n) is 17.0. The van der Waals surface area contributed by atoms with Crippen molar-refractivity contribution in [2.24, 2.45) is 0 Å². The summed E-state index contributed by atoms with van der Waals surface area (Å²) in [6.45, 7) is 1.98. The number of benzene rings is 2. The molecule has 0 unspecified atom stereocenters. The van der Waals surface area contributed by atoms with Crippen molar-refractivity contribution in [1.82, 2.24) is 10.2 Å². The molecule has 32 heavy (non-hydrogen) atoms. The van der Waals surface area contributed by atoms with Crippen LogP contribution in [-0.2, 0) is 4.79 Å². The quantitative estimate of drug-likeness (QED) is 0.273. The first-order chi connectivity index (χ1) is 15.4. The molecule has 0 radical (unpaired) electrons. The number of amides is 3. The van der Waals surface area contributed by atoms with Gasteiger partial charge in [-0.15, -0.1) is 0 Å². The Morgan fingerprint density at radius 3 is 2.34 bits per heavy atom. The SMILES string of the molecule is CCNC(=O)c1cc2ccc(OC(=O)CCN3C(=O)c4ccccc4C3=O)cc2oc1=O. The van der Waals surface area contributed by atoms with Gasteiger partial charge in [-0.1, -0.05) is 12.1 Å². The molecule has 0 fully saturated rings. The summed E-state index contributed by atoms with van der Waals surface area (Å²) >= 11 is 0. The van der Waals surface area contributed by atoms with Crippen LogP contribution in [0.1, 0.15) is 44.4 Å². The predicted molar refractivity (Wildman–Crippen MR) is 113 cm³/mol. The zero-order chi connectivity index (χ0) is 22.8. The summed E-state index contributed by atoms with van der Waals surface area (Å²) in [6, 6.07) is 12.3. The van der Waals surface area contributed by atoms with Gasteiger partial charge in [0.15, 0.2) is 0 Å². The van der Waals surface area contributed by atoms with Gasteiger partial charge in [0.05, 0.1) is 17.5 Å². The van der Waals surface area contributed by atoms with Crippen LogP contribution < -0.4 is 15.7 Å². The zero-order valence-corrected chi connectivity index (χ0v) is 17.0. The summed E-state index contributed by atoms with van der Waals surface area (Å²) in [5, 5.41) is 3.02. The maximum Gasteiger partial charge on any atom is 0.349 e. The van der Waals surface area contributed by atoms with E-state index in [4.69, 9.17) is 9.15 Å². The normalized spacial score (nSPS) is 12.7. The monoisotopic (exact) mass is 434 g/mol. The third kappa shape index (κ3) is 3.87. The van der Waals surface area contributed by atoms with Crippen LogP contribution >= 0.6 is 0 Å². The number of esters is 1. The van der Waals surface area contributed by atoms with E-state index >= 15 is 0 Å². The van der Waals surface area contributed by atoms with Crippen LogP contribution in [0.3, 0.4) is 0 Å². The minimum absolute atomic E-state index is 0.120. The van der Waals surface area contributed by atoms with Crippen molar-refractivity contribution in [2.75, 3.05) is 13.1 Å². The average molecular weight is 434 g/mol. The lowest BCUT2D eigenvalue weighted by atomic mass is 10.1. The lowest BCUT2D eigenvalue weighted by molar-refractivity contribution is -0.134. The highest BCUT2D eigenvalue weighted by molar-refractivity contribution is 6.21. The molecule has 1 aliphatic heterocycles. The van der Waals surface area contributed by atoms with Crippen LogP contribution in [0.5, 0.6) is 5.75 Å². The molecule has 1 aromatic heterocycles. The molecule has 0 spiro atoms. The van der Waals surface area contributed by atoms with Gasteiger partial charge in [-0.2, -0.15) is 0 Å². The maximum absolute atomic E-state index is 12.4. The second-order valence-corrected chi connectivity index (χ2v) is 7.04. The molecule has 0 saturated heterocycles. The summed E-state index contributed by atoms with van der Waals surface area (Å²) in [7, 11) is 0. The van der Waals surface area contributed by atoms with Crippen LogP contribution in [0.15, 0.2) is 57.7 Å². The number of nitrogens with one attached hydrogen (secondary N) is 1. The van der Waals surface area contributed by atoms with Crippen molar-refractivity contribution >= 4 is 34.7 Å². The Hall–Kier alpha value is -4.27. The molecular weight excluding hydrogens is 416 g/mol. The number of imide groups is 1. The minimum Gasteiger partial charge on any atom is -0.426 e. The van der Waals surface area contributed by atoms with Gasteiger partial charge in [0, 0.05) is 24.5 Å². The first-order valence-corrected chi connectivity index (χ1v) is 9.91. The van der Waals surface area contributed by atoms with Gasteiger partial charge in [-0.25, -0.2) is 4.79 Å². The molecule has 1 aliphatic rings. The summed E-state index contributed by atoms with van der Waals surface area (Å²) < 4.78 is 10.4. The highest BCUT2D eigenvalue weighted by Crippen LogP contribution is 2.23. The number of fused-ring (bicyclic) bond motifs is 2. The lowest BCUT2D eigenvalue weighted by Crippen LogP contribution is -2.32. The highest BCUT2D eigenvalue weighted by atomic mass is 16.5. The molecule has 9 nitrogen and oxygen atoms in total. The Morgan fingerprint density at radius 1 is 1.00 bits per heavy atom. The van der Waals surface area contributed by atoms with Crippen molar-refractivity contribution < 1.29 is 28.3 Å². The van der Waals surface area contributed by atoms with Crippen molar-refractivity contribution in [3.63, 3.8) is 0 Å². The van der Waals surface area contributed by atoms with Crippen LogP contribution in [0.2, 0.25) is 0 Å². The Kier molecular flexibility index (Phi) is 5.55. The fraction of sp³-hybridized carbons (Fsp3) is 0.174. The molecule has 0 saturated carbocycles. The van der Waals surface area contributed by atoms with Gasteiger partial charge in [0.25, 0.3) is 17.7 Å². The minimum atomic E-state index is -0.808. The van der Waals surface area contributed by atoms with E-state index in [0.29, 0.717) is 23.1 Å². The van der Waals surface area contributed by atoms with Crippen molar-refractivity contribution in [3.05, 3.63) is 75.6 Å². The number of carbonyl (C=O) groups is 4. The first kappa shape index (κ1) is 21.0. The molecule has 2 heterocycles. The van der Waals surface area contributed by atoms with Gasteiger partial charge in [0.1, 0.15) is 16.9 Å². The molecule has 3 aromatic rings. The summed E-state index contributed by atoms with van der Waals surface area (Å²) in [4.78, 5) is 62.0. The number of rotatable bonds is 6. The predicted octanol–water partition coefficient (Wildman–Crippen LogP) is 2.13. The number of nitrogens with zero attached hydrogens (tertiary/aromatic N) is 1. The van der Waals surface area contributed by atoms with Gasteiger partial charge < -0.3 is 14.5 Å². The van der Waals surface area contributed by atoms with E-state index in [2.05, 4.69) is 5.32 Å². The second kappa shape index (κ2) is 8.46. The number of hydrogen-bond acceptors (Lipinski definition) is 7. The van der Waals surface area contributed by atoms with E-state index in [1.807, 2.05) is 0 Å². The molecule has 3 amide bonds. The molecule has 0 bridgehead atoms. The maximum atomic E-state index is 12.4. The first-order valence-electron chi connectivity index (χ1n) is 9.91. The van der Waals surface area contributed by atoms with E-state index in [1.165, 1.54) is 18.2 Å². The van der Waals surface area contributed by atoms with Crippen LogP contribution in [0.25, 0.3) is 11.0 Å². The largest absolute Gasteiger partial charge is 0.426 e. The smallest absolute Gasteiger partial charge is 0.349 e. The van der Waals surface area contributed by atoms with E-state index in [1.54, 1.807) is 37.3 Å². The number of carbonyl (C=O) groups excluding carboxylic acids is 4. The summed E-state index contributed by atoms with van der Waals surface area (Å²) in [5.74, 6) is -1.98. The standard InChI is InChI=1S/C23H18N2O7/c1-2-24-20(27)17-11-13-7-8-14(12-18(13)32-23(17)30)31-19(26)9-10-25-21(28)15-5-3-4-6-16(15)22(25)29/h3-8,11-12H,2,9-10H2,1H3,(H,24,27). The summed E-state index contributed by atoms with van der Waals surface area (Å²) in [5.41, 5.74) is -0.166. The van der Waals surface area contributed by atoms with E-state index in [0.717, 1.165) is 4.90 Å². The lowest BCUT2D eigenvalue weighted by Gasteiger charge is -2.13. The Morgan fingerprint density at radius 2 is 1.69 bits per heavy atom. The average Bonchev–Trinajstić information content (AvgIpc) is 3.02. The Labute approximate surface area is 181 Å². The summed E-state index contributed by atoms with van der Waals surface area (Å²) in [6.07, 6.45) is -0.205. The van der Waals surface area contributed by atoms with Crippen molar-refractivity contribution in [1.29, 1.82) is 0 Å². The van der Waals surface area contributed by atoms with Gasteiger partial charge in [-0.05, 0) is 37.3 Å². The molecule has 162 valence electrons. The van der Waals surface area contributed by atoms with E-state index in [9.17, 15) is 24.0 Å². The van der Waals surface area contributed by atoms with Gasteiger partial charge >= 0.3 is 11.6 Å². The fourth-order valence-electron chi connectivity index (χ4n) is 3.40. The molecule has 1 N–H and O–H groups in total. The second-order valence-electron chi connectivity index (χ2n) is 7.04. The topological polar surface area (TPSA) is 123 Å². The Bertz CT molecular complexity index is 1290. The van der Waals surface area contributed by atoms with Gasteiger partial charge in [0.2, 0.25) is 0 Å². The third-order valence-corrected chi connectivity index (χ3v) is 4.94. The molecule has 4 rings (SSSR count). The molecule has 0 aliphatic carbocycles.